The first-order valence-electron chi connectivity index (χ1n) is 5.03. The second-order valence-corrected chi connectivity index (χ2v) is 4.64. The van der Waals surface area contributed by atoms with Gasteiger partial charge in [0.2, 0.25) is 5.91 Å². The van der Waals surface area contributed by atoms with E-state index >= 15 is 0 Å². The second kappa shape index (κ2) is 5.80. The van der Waals surface area contributed by atoms with Gasteiger partial charge in [0, 0.05) is 4.47 Å². The molecule has 16 heavy (non-hydrogen) atoms. The molecule has 3 nitrogen and oxygen atoms in total. The summed E-state index contributed by atoms with van der Waals surface area (Å²) in [6, 6.07) is 7.62. The van der Waals surface area contributed by atoms with Crippen molar-refractivity contribution in [3.63, 3.8) is 0 Å². The number of benzene rings is 1. The maximum absolute atomic E-state index is 11.4. The van der Waals surface area contributed by atoms with Crippen LogP contribution in [-0.4, -0.2) is 11.7 Å². The van der Waals surface area contributed by atoms with Crippen molar-refractivity contribution in [2.75, 3.05) is 0 Å². The molecule has 1 aromatic rings. The fraction of sp³-hybridized carbons (Fsp3) is 0.333. The van der Waals surface area contributed by atoms with Crippen LogP contribution in [0.5, 0.6) is 0 Å². The summed E-state index contributed by atoms with van der Waals surface area (Å²) in [5, 5.41) is 2.77. The molecule has 0 aliphatic rings. The Balaban J connectivity index is 2.62. The first-order chi connectivity index (χ1) is 7.49. The van der Waals surface area contributed by atoms with Gasteiger partial charge in [0.1, 0.15) is 5.78 Å². The third-order valence-corrected chi connectivity index (χ3v) is 2.63. The quantitative estimate of drug-likeness (QED) is 0.864. The molecule has 0 heterocycles. The zero-order valence-electron chi connectivity index (χ0n) is 9.29. The number of carbonyl (C=O) groups excluding carboxylic acids is 2. The zero-order chi connectivity index (χ0) is 12.1. The van der Waals surface area contributed by atoms with Gasteiger partial charge in [0.15, 0.2) is 0 Å². The highest BCUT2D eigenvalue weighted by molar-refractivity contribution is 9.10. The minimum Gasteiger partial charge on any atom is -0.349 e. The van der Waals surface area contributed by atoms with Gasteiger partial charge in [-0.2, -0.15) is 0 Å². The van der Waals surface area contributed by atoms with Crippen LogP contribution in [0, 0.1) is 0 Å². The molecule has 1 unspecified atom stereocenters. The molecule has 0 saturated heterocycles. The van der Waals surface area contributed by atoms with E-state index in [1.165, 1.54) is 6.92 Å². The van der Waals surface area contributed by atoms with Crippen molar-refractivity contribution in [3.05, 3.63) is 34.3 Å². The van der Waals surface area contributed by atoms with Crippen molar-refractivity contribution in [2.45, 2.75) is 26.3 Å². The molecule has 0 saturated carbocycles. The number of ketones is 1. The van der Waals surface area contributed by atoms with Gasteiger partial charge in [-0.25, -0.2) is 0 Å². The highest BCUT2D eigenvalue weighted by Gasteiger charge is 2.10. The van der Waals surface area contributed by atoms with Gasteiger partial charge in [0.25, 0.3) is 0 Å². The van der Waals surface area contributed by atoms with E-state index in [0.717, 1.165) is 10.0 Å². The lowest BCUT2D eigenvalue weighted by atomic mass is 10.1. The number of Topliss-reactive ketones (excluding diaryl/α,β-unsaturated/α-hetero) is 1. The average Bonchev–Trinajstić information content (AvgIpc) is 2.16. The molecule has 4 heteroatoms. The summed E-state index contributed by atoms with van der Waals surface area (Å²) in [4.78, 5) is 22.1. The van der Waals surface area contributed by atoms with Crippen LogP contribution >= 0.6 is 15.9 Å². The van der Waals surface area contributed by atoms with Crippen LogP contribution in [0.2, 0.25) is 0 Å². The van der Waals surface area contributed by atoms with Crippen LogP contribution in [0.4, 0.5) is 0 Å². The van der Waals surface area contributed by atoms with E-state index in [0.29, 0.717) is 0 Å². The molecule has 0 aliphatic heterocycles. The van der Waals surface area contributed by atoms with Crippen molar-refractivity contribution in [3.8, 4) is 0 Å². The predicted octanol–water partition coefficient (Wildman–Crippen LogP) is 2.61. The number of hydrogen-bond acceptors (Lipinski definition) is 2. The van der Waals surface area contributed by atoms with Crippen LogP contribution in [-0.2, 0) is 9.59 Å². The Labute approximate surface area is 103 Å². The smallest absolute Gasteiger partial charge is 0.227 e. The number of nitrogens with one attached hydrogen (secondary N) is 1. The van der Waals surface area contributed by atoms with Crippen molar-refractivity contribution in [2.24, 2.45) is 0 Å². The molecule has 86 valence electrons. The Morgan fingerprint density at radius 3 is 2.69 bits per heavy atom. The van der Waals surface area contributed by atoms with Crippen LogP contribution < -0.4 is 5.32 Å². The van der Waals surface area contributed by atoms with Crippen LogP contribution in [0.1, 0.15) is 31.9 Å². The molecule has 1 amide bonds. The molecular formula is C12H14BrNO2. The van der Waals surface area contributed by atoms with Crippen molar-refractivity contribution in [1.29, 1.82) is 0 Å². The highest BCUT2D eigenvalue weighted by Crippen LogP contribution is 2.17. The minimum absolute atomic E-state index is 0.0572. The summed E-state index contributed by atoms with van der Waals surface area (Å²) in [6.45, 7) is 3.29. The molecule has 0 aromatic heterocycles. The van der Waals surface area contributed by atoms with E-state index in [9.17, 15) is 9.59 Å². The summed E-state index contributed by atoms with van der Waals surface area (Å²) < 4.78 is 0.970. The fourth-order valence-corrected chi connectivity index (χ4v) is 1.79. The number of carbonyl (C=O) groups is 2. The Kier molecular flexibility index (Phi) is 4.68. The predicted molar refractivity (Wildman–Crippen MR) is 66.0 cm³/mol. The second-order valence-electron chi connectivity index (χ2n) is 3.72. The molecule has 1 atom stereocenters. The normalized spacial score (nSPS) is 11.9. The van der Waals surface area contributed by atoms with E-state index in [4.69, 9.17) is 0 Å². The molecule has 0 spiro atoms. The van der Waals surface area contributed by atoms with Gasteiger partial charge in [-0.05, 0) is 31.5 Å². The molecule has 1 N–H and O–H groups in total. The first kappa shape index (κ1) is 12.9. The molecule has 0 aliphatic carbocycles. The van der Waals surface area contributed by atoms with Gasteiger partial charge in [-0.1, -0.05) is 28.1 Å². The van der Waals surface area contributed by atoms with Gasteiger partial charge in [-0.3, -0.25) is 9.59 Å². The molecule has 1 aromatic carbocycles. The third-order valence-electron chi connectivity index (χ3n) is 2.14. The van der Waals surface area contributed by atoms with Crippen LogP contribution in [0.25, 0.3) is 0 Å². The highest BCUT2D eigenvalue weighted by atomic mass is 79.9. The van der Waals surface area contributed by atoms with E-state index in [-0.39, 0.29) is 24.2 Å². The van der Waals surface area contributed by atoms with Gasteiger partial charge in [-0.15, -0.1) is 0 Å². The van der Waals surface area contributed by atoms with Gasteiger partial charge < -0.3 is 5.32 Å². The number of rotatable bonds is 4. The van der Waals surface area contributed by atoms with Crippen LogP contribution in [0.3, 0.4) is 0 Å². The summed E-state index contributed by atoms with van der Waals surface area (Å²) in [6.07, 6.45) is -0.0572. The Hall–Kier alpha value is -1.16. The van der Waals surface area contributed by atoms with E-state index < -0.39 is 0 Å². The average molecular weight is 284 g/mol. The van der Waals surface area contributed by atoms with E-state index in [2.05, 4.69) is 21.2 Å². The lowest BCUT2D eigenvalue weighted by Crippen LogP contribution is -2.27. The largest absolute Gasteiger partial charge is 0.349 e. The first-order valence-corrected chi connectivity index (χ1v) is 5.82. The van der Waals surface area contributed by atoms with Crippen molar-refractivity contribution < 1.29 is 9.59 Å². The monoisotopic (exact) mass is 283 g/mol. The number of amides is 1. The molecular weight excluding hydrogens is 270 g/mol. The lowest BCUT2D eigenvalue weighted by Gasteiger charge is -2.14. The minimum atomic E-state index is -0.236. The number of hydrogen-bond donors (Lipinski definition) is 1. The molecule has 0 radical (unpaired) electrons. The summed E-state index contributed by atoms with van der Waals surface area (Å²) in [5.74, 6) is -0.362. The maximum Gasteiger partial charge on any atom is 0.227 e. The SMILES string of the molecule is CC(=O)CC(=O)NC(C)c1cccc(Br)c1. The summed E-state index contributed by atoms with van der Waals surface area (Å²) in [5.41, 5.74) is 1.01. The van der Waals surface area contributed by atoms with Gasteiger partial charge in [0.05, 0.1) is 12.5 Å². The maximum atomic E-state index is 11.4. The fourth-order valence-electron chi connectivity index (χ4n) is 1.38. The molecule has 0 fully saturated rings. The molecule has 1 rings (SSSR count). The summed E-state index contributed by atoms with van der Waals surface area (Å²) in [7, 11) is 0. The van der Waals surface area contributed by atoms with Crippen LogP contribution in [0.15, 0.2) is 28.7 Å². The standard InChI is InChI=1S/C12H14BrNO2/c1-8(15)6-12(16)14-9(2)10-4-3-5-11(13)7-10/h3-5,7,9H,6H2,1-2H3,(H,14,16). The van der Waals surface area contributed by atoms with E-state index in [1.807, 2.05) is 31.2 Å². The van der Waals surface area contributed by atoms with Crippen molar-refractivity contribution >= 4 is 27.6 Å². The van der Waals surface area contributed by atoms with E-state index in [1.54, 1.807) is 0 Å². The third kappa shape index (κ3) is 4.14. The Bertz CT molecular complexity index is 404. The topological polar surface area (TPSA) is 46.2 Å². The summed E-state index contributed by atoms with van der Waals surface area (Å²) >= 11 is 3.37. The number of halogens is 1. The zero-order valence-corrected chi connectivity index (χ0v) is 10.9. The van der Waals surface area contributed by atoms with Crippen molar-refractivity contribution in [1.82, 2.24) is 5.32 Å². The Morgan fingerprint density at radius 2 is 2.12 bits per heavy atom. The molecule has 0 bridgehead atoms. The Morgan fingerprint density at radius 1 is 1.44 bits per heavy atom. The lowest BCUT2D eigenvalue weighted by molar-refractivity contribution is -0.127. The van der Waals surface area contributed by atoms with Gasteiger partial charge >= 0.3 is 0 Å².